The molecule has 4 rings (SSSR count). The molecule has 0 aromatic heterocycles. The van der Waals surface area contributed by atoms with Gasteiger partial charge in [-0.05, 0) is 42.7 Å². The first kappa shape index (κ1) is 18.5. The monoisotopic (exact) mass is 381 g/mol. The molecule has 1 aliphatic heterocycles. The van der Waals surface area contributed by atoms with E-state index in [1.807, 2.05) is 30.3 Å². The number of anilines is 1. The first-order valence-corrected chi connectivity index (χ1v) is 9.80. The number of ether oxygens (including phenoxy) is 3. The zero-order valence-electron chi connectivity index (χ0n) is 16.2. The fraction of sp³-hybridized carbons (Fsp3) is 0.409. The summed E-state index contributed by atoms with van der Waals surface area (Å²) < 4.78 is 16.7. The Balaban J connectivity index is 1.44. The topological polar surface area (TPSA) is 78.1 Å². The van der Waals surface area contributed by atoms with Gasteiger partial charge in [0.2, 0.25) is 0 Å². The van der Waals surface area contributed by atoms with Gasteiger partial charge in [-0.2, -0.15) is 0 Å². The van der Waals surface area contributed by atoms with Crippen molar-refractivity contribution in [2.75, 3.05) is 32.2 Å². The molecule has 2 aliphatic rings. The largest absolute Gasteiger partial charge is 0.497 e. The second kappa shape index (κ2) is 8.00. The lowest BCUT2D eigenvalue weighted by molar-refractivity contribution is 0.253. The second-order valence-corrected chi connectivity index (χ2v) is 7.40. The molecule has 148 valence electrons. The molecule has 1 saturated carbocycles. The molecule has 3 N–H and O–H groups in total. The van der Waals surface area contributed by atoms with E-state index < -0.39 is 0 Å². The van der Waals surface area contributed by atoms with E-state index >= 15 is 0 Å². The minimum atomic E-state index is 0.0727. The van der Waals surface area contributed by atoms with Crippen molar-refractivity contribution in [3.63, 3.8) is 0 Å². The molecule has 1 aliphatic carbocycles. The Bertz CT molecular complexity index is 845. The Labute approximate surface area is 165 Å². The van der Waals surface area contributed by atoms with Crippen molar-refractivity contribution in [3.8, 4) is 17.2 Å². The summed E-state index contributed by atoms with van der Waals surface area (Å²) in [5, 5.41) is 3.18. The predicted molar refractivity (Wildman–Crippen MR) is 111 cm³/mol. The van der Waals surface area contributed by atoms with Crippen molar-refractivity contribution >= 4 is 11.6 Å². The zero-order valence-corrected chi connectivity index (χ0v) is 16.2. The molecule has 28 heavy (non-hydrogen) atoms. The van der Waals surface area contributed by atoms with Crippen molar-refractivity contribution in [1.29, 1.82) is 0 Å². The van der Waals surface area contributed by atoms with Gasteiger partial charge in [0, 0.05) is 23.6 Å². The lowest BCUT2D eigenvalue weighted by Gasteiger charge is -2.41. The van der Waals surface area contributed by atoms with Crippen LogP contribution in [0.1, 0.15) is 31.2 Å². The summed E-state index contributed by atoms with van der Waals surface area (Å²) in [6.45, 7) is 2.00. The van der Waals surface area contributed by atoms with Crippen molar-refractivity contribution < 1.29 is 14.2 Å². The Morgan fingerprint density at radius 3 is 2.50 bits per heavy atom. The summed E-state index contributed by atoms with van der Waals surface area (Å²) >= 11 is 0. The third-order valence-corrected chi connectivity index (χ3v) is 5.59. The van der Waals surface area contributed by atoms with E-state index in [0.29, 0.717) is 25.7 Å². The highest BCUT2D eigenvalue weighted by Crippen LogP contribution is 2.44. The van der Waals surface area contributed by atoms with Crippen LogP contribution in [0.4, 0.5) is 5.69 Å². The molecule has 0 amide bonds. The molecule has 6 nitrogen and oxygen atoms in total. The molecule has 0 unspecified atom stereocenters. The van der Waals surface area contributed by atoms with Crippen LogP contribution in [0.5, 0.6) is 17.2 Å². The number of hydrogen-bond donors (Lipinski definition) is 2. The van der Waals surface area contributed by atoms with Crippen LogP contribution in [0.3, 0.4) is 0 Å². The van der Waals surface area contributed by atoms with E-state index in [1.54, 1.807) is 7.11 Å². The number of fused-ring (bicyclic) bond motifs is 1. The highest BCUT2D eigenvalue weighted by molar-refractivity contribution is 5.92. The smallest absolute Gasteiger partial charge is 0.193 e. The molecule has 6 heteroatoms. The summed E-state index contributed by atoms with van der Waals surface area (Å²) in [6, 6.07) is 14.0. The highest BCUT2D eigenvalue weighted by Gasteiger charge is 2.38. The first-order valence-electron chi connectivity index (χ1n) is 9.80. The van der Waals surface area contributed by atoms with E-state index in [4.69, 9.17) is 19.9 Å². The van der Waals surface area contributed by atoms with Gasteiger partial charge in [0.05, 0.1) is 26.9 Å². The first-order chi connectivity index (χ1) is 13.7. The summed E-state index contributed by atoms with van der Waals surface area (Å²) in [6.07, 6.45) is 4.35. The second-order valence-electron chi connectivity index (χ2n) is 7.40. The molecule has 0 spiro atoms. The summed E-state index contributed by atoms with van der Waals surface area (Å²) in [4.78, 5) is 4.64. The fourth-order valence-corrected chi connectivity index (χ4v) is 3.75. The van der Waals surface area contributed by atoms with Crippen LogP contribution in [-0.2, 0) is 5.41 Å². The average molecular weight is 381 g/mol. The van der Waals surface area contributed by atoms with E-state index in [-0.39, 0.29) is 5.41 Å². The fourth-order valence-electron chi connectivity index (χ4n) is 3.75. The summed E-state index contributed by atoms with van der Waals surface area (Å²) in [5.41, 5.74) is 8.38. The molecule has 1 heterocycles. The van der Waals surface area contributed by atoms with Gasteiger partial charge in [-0.1, -0.05) is 18.6 Å². The lowest BCUT2D eigenvalue weighted by atomic mass is 9.64. The van der Waals surface area contributed by atoms with E-state index in [0.717, 1.165) is 42.2 Å². The summed E-state index contributed by atoms with van der Waals surface area (Å²) in [5.74, 6) is 2.79. The van der Waals surface area contributed by atoms with Gasteiger partial charge in [0.15, 0.2) is 17.5 Å². The standard InChI is InChI=1S/C22H27N3O3/c1-26-18-7-4-16(5-8-18)22(10-2-11-22)15-24-21(23)25-17-6-9-19-20(14-17)28-13-3-12-27-19/h4-9,14H,2-3,10-13,15H2,1H3,(H3,23,24,25). The maximum atomic E-state index is 6.17. The SMILES string of the molecule is COc1ccc(C2(CN=C(N)Nc3ccc4c(c3)OCCCO4)CCC2)cc1. The molecule has 1 fully saturated rings. The molecule has 0 atom stereocenters. The minimum Gasteiger partial charge on any atom is -0.497 e. The van der Waals surface area contributed by atoms with Crippen LogP contribution in [0.15, 0.2) is 47.5 Å². The van der Waals surface area contributed by atoms with Crippen LogP contribution in [0, 0.1) is 0 Å². The van der Waals surface area contributed by atoms with Crippen LogP contribution < -0.4 is 25.3 Å². The van der Waals surface area contributed by atoms with Gasteiger partial charge in [0.25, 0.3) is 0 Å². The number of nitrogens with zero attached hydrogens (tertiary/aromatic N) is 1. The Morgan fingerprint density at radius 1 is 1.07 bits per heavy atom. The Morgan fingerprint density at radius 2 is 1.82 bits per heavy atom. The van der Waals surface area contributed by atoms with Crippen LogP contribution >= 0.6 is 0 Å². The lowest BCUT2D eigenvalue weighted by Crippen LogP contribution is -2.38. The maximum absolute atomic E-state index is 6.17. The van der Waals surface area contributed by atoms with Gasteiger partial charge in [-0.15, -0.1) is 0 Å². The molecule has 0 radical (unpaired) electrons. The number of rotatable bonds is 5. The number of methoxy groups -OCH3 is 1. The van der Waals surface area contributed by atoms with Gasteiger partial charge in [-0.25, -0.2) is 0 Å². The van der Waals surface area contributed by atoms with Crippen LogP contribution in [0.25, 0.3) is 0 Å². The van der Waals surface area contributed by atoms with Gasteiger partial charge < -0.3 is 25.3 Å². The number of nitrogens with one attached hydrogen (secondary N) is 1. The predicted octanol–water partition coefficient (Wildman–Crippen LogP) is 3.71. The van der Waals surface area contributed by atoms with Crippen molar-refractivity contribution in [2.24, 2.45) is 10.7 Å². The molecule has 2 aromatic rings. The zero-order chi connectivity index (χ0) is 19.4. The van der Waals surface area contributed by atoms with Crippen LogP contribution in [-0.4, -0.2) is 32.8 Å². The molecule has 2 aromatic carbocycles. The average Bonchev–Trinajstić information content (AvgIpc) is 2.92. The number of guanidine groups is 1. The van der Waals surface area contributed by atoms with Crippen LogP contribution in [0.2, 0.25) is 0 Å². The number of benzene rings is 2. The number of aliphatic imine (C=N–C) groups is 1. The van der Waals surface area contributed by atoms with Gasteiger partial charge in [-0.3, -0.25) is 4.99 Å². The quantitative estimate of drug-likeness (QED) is 0.610. The van der Waals surface area contributed by atoms with Gasteiger partial charge >= 0.3 is 0 Å². The maximum Gasteiger partial charge on any atom is 0.193 e. The molecular formula is C22H27N3O3. The van der Waals surface area contributed by atoms with E-state index in [9.17, 15) is 0 Å². The van der Waals surface area contributed by atoms with Crippen molar-refractivity contribution in [3.05, 3.63) is 48.0 Å². The Kier molecular flexibility index (Phi) is 5.28. The van der Waals surface area contributed by atoms with Crippen molar-refractivity contribution in [1.82, 2.24) is 0 Å². The normalized spacial score (nSPS) is 18.0. The summed E-state index contributed by atoms with van der Waals surface area (Å²) in [7, 11) is 1.68. The van der Waals surface area contributed by atoms with Crippen molar-refractivity contribution in [2.45, 2.75) is 31.1 Å². The number of nitrogens with two attached hydrogens (primary N) is 1. The third kappa shape index (κ3) is 3.86. The molecular weight excluding hydrogens is 354 g/mol. The molecule has 0 bridgehead atoms. The molecule has 0 saturated heterocycles. The van der Waals surface area contributed by atoms with Gasteiger partial charge in [0.1, 0.15) is 5.75 Å². The van der Waals surface area contributed by atoms with E-state index in [1.165, 1.54) is 12.0 Å². The minimum absolute atomic E-state index is 0.0727. The third-order valence-electron chi connectivity index (χ3n) is 5.59. The number of hydrogen-bond acceptors (Lipinski definition) is 4. The van der Waals surface area contributed by atoms with E-state index in [2.05, 4.69) is 22.4 Å². The highest BCUT2D eigenvalue weighted by atomic mass is 16.5. The Hall–Kier alpha value is -2.89.